The van der Waals surface area contributed by atoms with E-state index in [4.69, 9.17) is 27.9 Å². The molecule has 6 rings (SSSR count). The molecule has 1 aromatic rings. The summed E-state index contributed by atoms with van der Waals surface area (Å²) in [4.78, 5) is 49.8. The molecule has 2 aliphatic carbocycles. The Bertz CT molecular complexity index is 1330. The van der Waals surface area contributed by atoms with Gasteiger partial charge >= 0.3 is 0 Å². The van der Waals surface area contributed by atoms with Crippen molar-refractivity contribution in [1.29, 1.82) is 0 Å². The fraction of sp³-hybridized carbons (Fsp3) is 0.417. The molecular weight excluding hydrogens is 579 g/mol. The number of phenolic OH excluding ortho intramolecular Hbond substituents is 1. The first-order chi connectivity index (χ1) is 17.0. The SMILES string of the molecule is O=C1C2CC=C3C(CC4(Cl)C(=O)N(CBr)C(=O)C4(Cl)C3C3=COc4ccc(O)cc4C3)C2C(=O)N1O. The summed E-state index contributed by atoms with van der Waals surface area (Å²) in [6, 6.07) is 4.64. The molecule has 36 heavy (non-hydrogen) atoms. The Balaban J connectivity index is 1.54. The Hall–Kier alpha value is -2.40. The van der Waals surface area contributed by atoms with Gasteiger partial charge in [-0.1, -0.05) is 27.6 Å². The van der Waals surface area contributed by atoms with Crippen LogP contribution >= 0.6 is 39.1 Å². The molecule has 0 aromatic heterocycles. The van der Waals surface area contributed by atoms with E-state index in [2.05, 4.69) is 15.9 Å². The molecule has 6 atom stereocenters. The first-order valence-electron chi connectivity index (χ1n) is 11.3. The molecule has 6 unspecified atom stereocenters. The molecule has 2 N–H and O–H groups in total. The quantitative estimate of drug-likeness (QED) is 0.177. The Morgan fingerprint density at radius 1 is 1.11 bits per heavy atom. The predicted octanol–water partition coefficient (Wildman–Crippen LogP) is 2.84. The summed E-state index contributed by atoms with van der Waals surface area (Å²) in [5, 5.41) is 20.2. The average Bonchev–Trinajstić information content (AvgIpc) is 3.16. The van der Waals surface area contributed by atoms with Crippen LogP contribution in [0.2, 0.25) is 0 Å². The van der Waals surface area contributed by atoms with E-state index in [0.29, 0.717) is 22.5 Å². The van der Waals surface area contributed by atoms with Crippen molar-refractivity contribution < 1.29 is 34.2 Å². The van der Waals surface area contributed by atoms with Gasteiger partial charge in [0.25, 0.3) is 23.6 Å². The maximum absolute atomic E-state index is 13.7. The number of allylic oxidation sites excluding steroid dienone is 3. The normalized spacial score (nSPS) is 37.1. The van der Waals surface area contributed by atoms with Crippen LogP contribution in [0.3, 0.4) is 0 Å². The minimum absolute atomic E-state index is 0.0304. The van der Waals surface area contributed by atoms with Crippen molar-refractivity contribution in [3.05, 3.63) is 47.2 Å². The largest absolute Gasteiger partial charge is 0.508 e. The molecule has 1 aromatic carbocycles. The molecular formula is C24H19BrCl2N2O7. The second kappa shape index (κ2) is 7.80. The van der Waals surface area contributed by atoms with E-state index in [9.17, 15) is 29.5 Å². The summed E-state index contributed by atoms with van der Waals surface area (Å²) in [6.45, 7) is 0. The molecule has 0 spiro atoms. The Morgan fingerprint density at radius 3 is 2.58 bits per heavy atom. The van der Waals surface area contributed by atoms with Crippen LogP contribution in [0.4, 0.5) is 0 Å². The van der Waals surface area contributed by atoms with Crippen LogP contribution in [0.5, 0.6) is 11.5 Å². The summed E-state index contributed by atoms with van der Waals surface area (Å²) < 4.78 is 5.82. The minimum Gasteiger partial charge on any atom is -0.508 e. The lowest BCUT2D eigenvalue weighted by Crippen LogP contribution is -2.61. The van der Waals surface area contributed by atoms with E-state index in [1.807, 2.05) is 0 Å². The van der Waals surface area contributed by atoms with Gasteiger partial charge in [0.15, 0.2) is 9.75 Å². The summed E-state index contributed by atoms with van der Waals surface area (Å²) in [7, 11) is 0. The zero-order valence-corrected chi connectivity index (χ0v) is 21.6. The molecule has 2 saturated heterocycles. The maximum Gasteiger partial charge on any atom is 0.257 e. The highest BCUT2D eigenvalue weighted by Crippen LogP contribution is 2.64. The second-order valence-electron chi connectivity index (χ2n) is 9.75. The number of hydrogen-bond donors (Lipinski definition) is 2. The number of rotatable bonds is 2. The number of nitrogens with zero attached hydrogens (tertiary/aromatic N) is 2. The lowest BCUT2D eigenvalue weighted by atomic mass is 9.56. The number of carbonyl (C=O) groups is 4. The van der Waals surface area contributed by atoms with E-state index >= 15 is 0 Å². The Labute approximate surface area is 223 Å². The highest BCUT2D eigenvalue weighted by Gasteiger charge is 2.76. The maximum atomic E-state index is 13.7. The average molecular weight is 598 g/mol. The molecule has 5 aliphatic rings. The number of ether oxygens (including phenoxy) is 1. The van der Waals surface area contributed by atoms with Gasteiger partial charge in [-0.2, -0.15) is 5.06 Å². The fourth-order valence-corrected chi connectivity index (χ4v) is 7.99. The van der Waals surface area contributed by atoms with Gasteiger partial charge in [0.1, 0.15) is 11.5 Å². The highest BCUT2D eigenvalue weighted by molar-refractivity contribution is 9.09. The van der Waals surface area contributed by atoms with Crippen LogP contribution in [0.15, 0.2) is 41.7 Å². The molecule has 0 bridgehead atoms. The monoisotopic (exact) mass is 596 g/mol. The van der Waals surface area contributed by atoms with E-state index in [-0.39, 0.29) is 35.5 Å². The molecule has 4 amide bonds. The number of fused-ring (bicyclic) bond motifs is 5. The molecule has 9 nitrogen and oxygen atoms in total. The first kappa shape index (κ1) is 24.0. The number of likely N-dealkylation sites (tertiary alicyclic amines) is 1. The topological polar surface area (TPSA) is 124 Å². The predicted molar refractivity (Wildman–Crippen MR) is 128 cm³/mol. The van der Waals surface area contributed by atoms with E-state index < -0.39 is 57.0 Å². The highest BCUT2D eigenvalue weighted by atomic mass is 79.9. The minimum atomic E-state index is -1.93. The molecule has 3 aliphatic heterocycles. The van der Waals surface area contributed by atoms with Gasteiger partial charge in [0.05, 0.1) is 23.6 Å². The number of phenols is 1. The van der Waals surface area contributed by atoms with Crippen molar-refractivity contribution in [2.45, 2.75) is 29.0 Å². The summed E-state index contributed by atoms with van der Waals surface area (Å²) in [5.74, 6) is -5.68. The van der Waals surface area contributed by atoms with Crippen molar-refractivity contribution in [3.63, 3.8) is 0 Å². The third-order valence-corrected chi connectivity index (χ3v) is 10.1. The molecule has 3 heterocycles. The molecule has 1 saturated carbocycles. The zero-order chi connectivity index (χ0) is 25.7. The number of benzene rings is 1. The third-order valence-electron chi connectivity index (χ3n) is 8.14. The molecule has 12 heteroatoms. The number of hydrogen-bond acceptors (Lipinski definition) is 7. The number of hydroxylamine groups is 2. The van der Waals surface area contributed by atoms with Crippen LogP contribution in [-0.4, -0.2) is 59.1 Å². The molecule has 0 radical (unpaired) electrons. The third kappa shape index (κ3) is 2.81. The molecule has 3 fully saturated rings. The number of halogens is 3. The van der Waals surface area contributed by atoms with Crippen LogP contribution in [0.1, 0.15) is 18.4 Å². The van der Waals surface area contributed by atoms with E-state index in [1.54, 1.807) is 12.1 Å². The van der Waals surface area contributed by atoms with Gasteiger partial charge in [-0.3, -0.25) is 29.3 Å². The first-order valence-corrected chi connectivity index (χ1v) is 13.2. The van der Waals surface area contributed by atoms with E-state index in [1.165, 1.54) is 18.4 Å². The lowest BCUT2D eigenvalue weighted by Gasteiger charge is -2.51. The summed E-state index contributed by atoms with van der Waals surface area (Å²) >= 11 is 17.4. The van der Waals surface area contributed by atoms with Gasteiger partial charge in [0.2, 0.25) is 0 Å². The Morgan fingerprint density at radius 2 is 1.86 bits per heavy atom. The van der Waals surface area contributed by atoms with Gasteiger partial charge < -0.3 is 9.84 Å². The zero-order valence-electron chi connectivity index (χ0n) is 18.5. The van der Waals surface area contributed by atoms with E-state index in [0.717, 1.165) is 4.90 Å². The van der Waals surface area contributed by atoms with Gasteiger partial charge in [-0.05, 0) is 42.5 Å². The smallest absolute Gasteiger partial charge is 0.257 e. The van der Waals surface area contributed by atoms with Crippen molar-refractivity contribution in [2.24, 2.45) is 23.7 Å². The van der Waals surface area contributed by atoms with Gasteiger partial charge in [0, 0.05) is 17.9 Å². The Kier molecular flexibility index (Phi) is 5.19. The van der Waals surface area contributed by atoms with Gasteiger partial charge in [-0.15, -0.1) is 23.2 Å². The standard InChI is InChI=1S/C24H19BrCl2N2O7/c25-9-28-21(33)23(26)7-15-13(2-3-14-17(15)20(32)29(35)19(14)31)18(24(23,27)22(28)34)11-5-10-6-12(30)1-4-16(10)36-8-11/h1-2,4,6,8,14-15,17-18,30,35H,3,5,7,9H2. The number of carbonyl (C=O) groups excluding carboxylic acids is 4. The second-order valence-corrected chi connectivity index (χ2v) is 11.5. The van der Waals surface area contributed by atoms with Crippen molar-refractivity contribution in [1.82, 2.24) is 9.96 Å². The summed E-state index contributed by atoms with van der Waals surface area (Å²) in [6.07, 6.45) is 3.48. The fourth-order valence-electron chi connectivity index (χ4n) is 6.55. The van der Waals surface area contributed by atoms with Gasteiger partial charge in [-0.25, -0.2) is 0 Å². The number of imide groups is 2. The van der Waals surface area contributed by atoms with Crippen LogP contribution < -0.4 is 4.74 Å². The number of aromatic hydroxyl groups is 1. The number of amides is 4. The van der Waals surface area contributed by atoms with Crippen molar-refractivity contribution in [3.8, 4) is 11.5 Å². The van der Waals surface area contributed by atoms with Crippen LogP contribution in [0, 0.1) is 23.7 Å². The lowest BCUT2D eigenvalue weighted by molar-refractivity contribution is -0.173. The molecule has 188 valence electrons. The van der Waals surface area contributed by atoms with Crippen molar-refractivity contribution >= 4 is 62.8 Å². The number of alkyl halides is 3. The summed E-state index contributed by atoms with van der Waals surface area (Å²) in [5.41, 5.74) is 1.67. The van der Waals surface area contributed by atoms with Crippen LogP contribution in [0.25, 0.3) is 0 Å². The van der Waals surface area contributed by atoms with Crippen molar-refractivity contribution in [2.75, 3.05) is 5.45 Å². The van der Waals surface area contributed by atoms with Crippen LogP contribution in [-0.2, 0) is 25.6 Å².